The summed E-state index contributed by atoms with van der Waals surface area (Å²) in [4.78, 5) is 17.2. The first kappa shape index (κ1) is 18.5. The zero-order valence-electron chi connectivity index (χ0n) is 15.8. The number of aromatic nitrogens is 1. The Morgan fingerprint density at radius 1 is 1.27 bits per heavy atom. The smallest absolute Gasteiger partial charge is 0.196 e. The summed E-state index contributed by atoms with van der Waals surface area (Å²) < 4.78 is 6.20. The number of aryl methyl sites for hydroxylation is 2. The molecule has 0 amide bonds. The van der Waals surface area contributed by atoms with Crippen molar-refractivity contribution in [3.63, 3.8) is 0 Å². The zero-order chi connectivity index (χ0) is 18.8. The molecular weight excluding hydrogens is 344 g/mol. The Labute approximate surface area is 158 Å². The zero-order valence-corrected chi connectivity index (χ0v) is 16.7. The summed E-state index contributed by atoms with van der Waals surface area (Å²) in [6.07, 6.45) is 1.78. The first-order chi connectivity index (χ1) is 12.4. The van der Waals surface area contributed by atoms with Crippen LogP contribution in [-0.4, -0.2) is 10.7 Å². The third-order valence-corrected chi connectivity index (χ3v) is 5.41. The van der Waals surface area contributed by atoms with Crippen LogP contribution < -0.4 is 10.7 Å². The van der Waals surface area contributed by atoms with Crippen LogP contribution in [0.1, 0.15) is 42.3 Å². The summed E-state index contributed by atoms with van der Waals surface area (Å²) in [6, 6.07) is 7.90. The molecular formula is C21H24N2O2S. The van der Waals surface area contributed by atoms with Crippen molar-refractivity contribution in [3.8, 4) is 0 Å². The van der Waals surface area contributed by atoms with Crippen LogP contribution in [0.15, 0.2) is 44.8 Å². The van der Waals surface area contributed by atoms with Crippen molar-refractivity contribution >= 4 is 28.4 Å². The molecule has 1 aromatic carbocycles. The van der Waals surface area contributed by atoms with Crippen LogP contribution in [0.5, 0.6) is 0 Å². The monoisotopic (exact) mass is 368 g/mol. The quantitative estimate of drug-likeness (QED) is 0.611. The number of nitrogens with one attached hydrogen (secondary N) is 1. The fraction of sp³-hybridized carbons (Fsp3) is 0.333. The van der Waals surface area contributed by atoms with E-state index in [1.807, 2.05) is 39.0 Å². The third-order valence-electron chi connectivity index (χ3n) is 4.47. The van der Waals surface area contributed by atoms with Crippen LogP contribution in [0.2, 0.25) is 0 Å². The fourth-order valence-corrected chi connectivity index (χ4v) is 3.80. The van der Waals surface area contributed by atoms with E-state index in [1.165, 1.54) is 0 Å². The van der Waals surface area contributed by atoms with Gasteiger partial charge in [0.25, 0.3) is 0 Å². The molecule has 0 aliphatic carbocycles. The molecule has 0 fully saturated rings. The molecule has 5 heteroatoms. The molecule has 0 saturated carbocycles. The highest BCUT2D eigenvalue weighted by Gasteiger charge is 2.18. The van der Waals surface area contributed by atoms with Gasteiger partial charge in [-0.25, -0.2) is 0 Å². The summed E-state index contributed by atoms with van der Waals surface area (Å²) >= 11 is 1.56. The number of benzene rings is 1. The second-order valence-corrected chi connectivity index (χ2v) is 7.75. The number of fused-ring (bicyclic) bond motifs is 1. The van der Waals surface area contributed by atoms with E-state index in [9.17, 15) is 4.79 Å². The Bertz CT molecular complexity index is 1010. The van der Waals surface area contributed by atoms with E-state index in [0.29, 0.717) is 21.6 Å². The van der Waals surface area contributed by atoms with Crippen molar-refractivity contribution in [2.45, 2.75) is 45.8 Å². The van der Waals surface area contributed by atoms with Crippen molar-refractivity contribution < 1.29 is 4.42 Å². The Morgan fingerprint density at radius 3 is 2.73 bits per heavy atom. The van der Waals surface area contributed by atoms with Crippen LogP contribution in [0, 0.1) is 20.8 Å². The maximum Gasteiger partial charge on any atom is 0.196 e. The molecule has 0 spiro atoms. The van der Waals surface area contributed by atoms with Crippen LogP contribution in [0.4, 0.5) is 5.69 Å². The highest BCUT2D eigenvalue weighted by atomic mass is 32.2. The SMILES string of the molecule is CCSc1oc2c([C@@H](C)Nc3cccnc3C)cc(C)cc2c(=O)c1C. The minimum Gasteiger partial charge on any atom is -0.449 e. The molecule has 0 radical (unpaired) electrons. The summed E-state index contributed by atoms with van der Waals surface area (Å²) in [5.41, 5.74) is 5.36. The summed E-state index contributed by atoms with van der Waals surface area (Å²) in [5.74, 6) is 0.860. The van der Waals surface area contributed by atoms with E-state index in [2.05, 4.69) is 30.2 Å². The topological polar surface area (TPSA) is 55.1 Å². The number of nitrogens with zero attached hydrogens (tertiary/aromatic N) is 1. The minimum atomic E-state index is -0.0226. The maximum absolute atomic E-state index is 12.9. The lowest BCUT2D eigenvalue weighted by Gasteiger charge is -2.19. The van der Waals surface area contributed by atoms with Crippen molar-refractivity contribution in [3.05, 3.63) is 63.1 Å². The predicted octanol–water partition coefficient (Wildman–Crippen LogP) is 5.40. The molecule has 2 aromatic heterocycles. The fourth-order valence-electron chi connectivity index (χ4n) is 3.09. The summed E-state index contributed by atoms with van der Waals surface area (Å²) in [7, 11) is 0. The van der Waals surface area contributed by atoms with Crippen LogP contribution >= 0.6 is 11.8 Å². The van der Waals surface area contributed by atoms with Crippen LogP contribution in [-0.2, 0) is 0 Å². The van der Waals surface area contributed by atoms with Gasteiger partial charge in [0.1, 0.15) is 5.58 Å². The number of hydrogen-bond donors (Lipinski definition) is 1. The van der Waals surface area contributed by atoms with E-state index in [-0.39, 0.29) is 11.5 Å². The molecule has 1 N–H and O–H groups in total. The molecule has 136 valence electrons. The van der Waals surface area contributed by atoms with Gasteiger partial charge in [0.05, 0.1) is 22.8 Å². The van der Waals surface area contributed by atoms with Gasteiger partial charge < -0.3 is 9.73 Å². The number of anilines is 1. The van der Waals surface area contributed by atoms with Gasteiger partial charge in [-0.2, -0.15) is 0 Å². The number of pyridine rings is 1. The van der Waals surface area contributed by atoms with Crippen molar-refractivity contribution in [2.24, 2.45) is 0 Å². The molecule has 1 atom stereocenters. The lowest BCUT2D eigenvalue weighted by Crippen LogP contribution is -2.13. The third kappa shape index (κ3) is 3.49. The molecule has 0 saturated heterocycles. The first-order valence-electron chi connectivity index (χ1n) is 8.81. The average Bonchev–Trinajstić information content (AvgIpc) is 2.61. The van der Waals surface area contributed by atoms with Crippen LogP contribution in [0.25, 0.3) is 11.0 Å². The number of thioether (sulfide) groups is 1. The van der Waals surface area contributed by atoms with Gasteiger partial charge in [-0.1, -0.05) is 24.8 Å². The molecule has 0 bridgehead atoms. The van der Waals surface area contributed by atoms with Crippen molar-refractivity contribution in [1.29, 1.82) is 0 Å². The Kier molecular flexibility index (Phi) is 5.37. The van der Waals surface area contributed by atoms with E-state index in [0.717, 1.165) is 28.3 Å². The maximum atomic E-state index is 12.9. The molecule has 0 aliphatic heterocycles. The van der Waals surface area contributed by atoms with Gasteiger partial charge in [0.15, 0.2) is 10.5 Å². The van der Waals surface area contributed by atoms with Gasteiger partial charge in [-0.3, -0.25) is 9.78 Å². The Hall–Kier alpha value is -2.27. The van der Waals surface area contributed by atoms with Gasteiger partial charge in [-0.15, -0.1) is 0 Å². The normalized spacial score (nSPS) is 12.3. The second kappa shape index (κ2) is 7.54. The molecule has 26 heavy (non-hydrogen) atoms. The number of hydrogen-bond acceptors (Lipinski definition) is 5. The lowest BCUT2D eigenvalue weighted by molar-refractivity contribution is 0.488. The highest BCUT2D eigenvalue weighted by Crippen LogP contribution is 2.31. The second-order valence-electron chi connectivity index (χ2n) is 6.51. The van der Waals surface area contributed by atoms with Gasteiger partial charge in [0, 0.05) is 17.3 Å². The Balaban J connectivity index is 2.15. The first-order valence-corrected chi connectivity index (χ1v) is 9.79. The van der Waals surface area contributed by atoms with E-state index >= 15 is 0 Å². The number of rotatable bonds is 5. The Morgan fingerprint density at radius 2 is 2.04 bits per heavy atom. The largest absolute Gasteiger partial charge is 0.449 e. The van der Waals surface area contributed by atoms with Gasteiger partial charge in [0.2, 0.25) is 0 Å². The highest BCUT2D eigenvalue weighted by molar-refractivity contribution is 7.99. The minimum absolute atomic E-state index is 0.0226. The molecule has 3 aromatic rings. The van der Waals surface area contributed by atoms with E-state index in [1.54, 1.807) is 18.0 Å². The van der Waals surface area contributed by atoms with E-state index < -0.39 is 0 Å². The lowest BCUT2D eigenvalue weighted by atomic mass is 10.0. The average molecular weight is 369 g/mol. The van der Waals surface area contributed by atoms with Crippen molar-refractivity contribution in [1.82, 2.24) is 4.98 Å². The van der Waals surface area contributed by atoms with E-state index in [4.69, 9.17) is 4.42 Å². The van der Waals surface area contributed by atoms with Gasteiger partial charge >= 0.3 is 0 Å². The predicted molar refractivity (Wildman–Crippen MR) is 109 cm³/mol. The van der Waals surface area contributed by atoms with Crippen molar-refractivity contribution in [2.75, 3.05) is 11.1 Å². The summed E-state index contributed by atoms with van der Waals surface area (Å²) in [5, 5.41) is 4.86. The standard InChI is InChI=1S/C21H24N2O2S/c1-6-26-21-13(3)19(24)17-11-12(2)10-16(20(17)25-21)14(4)23-18-8-7-9-22-15(18)5/h7-11,14,23H,6H2,1-5H3/t14-/m1/s1. The van der Waals surface area contributed by atoms with Gasteiger partial charge in [-0.05, 0) is 57.2 Å². The summed E-state index contributed by atoms with van der Waals surface area (Å²) in [6.45, 7) is 9.95. The molecule has 2 heterocycles. The molecule has 0 aliphatic rings. The molecule has 4 nitrogen and oxygen atoms in total. The molecule has 0 unspecified atom stereocenters. The van der Waals surface area contributed by atoms with Crippen LogP contribution in [0.3, 0.4) is 0 Å². The molecule has 3 rings (SSSR count).